The van der Waals surface area contributed by atoms with Gasteiger partial charge >= 0.3 is 0 Å². The van der Waals surface area contributed by atoms with E-state index in [1.165, 1.54) is 11.3 Å². The van der Waals surface area contributed by atoms with Crippen molar-refractivity contribution < 1.29 is 5.11 Å². The van der Waals surface area contributed by atoms with Gasteiger partial charge in [-0.05, 0) is 36.8 Å². The molecule has 1 aliphatic rings. The Morgan fingerprint density at radius 2 is 1.61 bits per heavy atom. The number of rotatable bonds is 4. The fraction of sp³-hybridized carbons (Fsp3) is 0.0769. The average Bonchev–Trinajstić information content (AvgIpc) is 3.36. The van der Waals surface area contributed by atoms with Crippen LogP contribution in [-0.2, 0) is 0 Å². The molecule has 2 heterocycles. The van der Waals surface area contributed by atoms with Crippen molar-refractivity contribution in [3.63, 3.8) is 0 Å². The fourth-order valence-corrected chi connectivity index (χ4v) is 4.78. The topological polar surface area (TPSA) is 49.9 Å². The van der Waals surface area contributed by atoms with Gasteiger partial charge in [0.1, 0.15) is 0 Å². The number of aliphatic imine (C=N–C) groups is 1. The van der Waals surface area contributed by atoms with Gasteiger partial charge < -0.3 is 5.11 Å². The lowest BCUT2D eigenvalue weighted by Gasteiger charge is -2.15. The van der Waals surface area contributed by atoms with Gasteiger partial charge in [0.15, 0.2) is 4.80 Å². The molecule has 152 valence electrons. The molecule has 4 aromatic rings. The Hall–Kier alpha value is -3.70. The summed E-state index contributed by atoms with van der Waals surface area (Å²) in [6.45, 7) is 2.08. The third-order valence-corrected chi connectivity index (χ3v) is 6.34. The lowest BCUT2D eigenvalue weighted by atomic mass is 10.1. The molecule has 5 heteroatoms. The highest BCUT2D eigenvalue weighted by Crippen LogP contribution is 2.35. The van der Waals surface area contributed by atoms with E-state index in [0.717, 1.165) is 37.8 Å². The molecule has 5 rings (SSSR count). The number of aromatic hydroxyl groups is 1. The van der Waals surface area contributed by atoms with Crippen LogP contribution < -0.4 is 4.80 Å². The average molecular weight is 424 g/mol. The smallest absolute Gasteiger partial charge is 0.211 e. The van der Waals surface area contributed by atoms with Crippen LogP contribution in [0.5, 0.6) is 5.88 Å². The number of hydrogen-bond donors (Lipinski definition) is 1. The van der Waals surface area contributed by atoms with Gasteiger partial charge in [0.05, 0.1) is 22.3 Å². The van der Waals surface area contributed by atoms with E-state index in [9.17, 15) is 5.11 Å². The molecule has 0 radical (unpaired) electrons. The first-order chi connectivity index (χ1) is 15.2. The minimum absolute atomic E-state index is 0.0726. The highest BCUT2D eigenvalue weighted by atomic mass is 32.1. The first-order valence-corrected chi connectivity index (χ1v) is 11.0. The van der Waals surface area contributed by atoms with E-state index in [-0.39, 0.29) is 11.9 Å². The maximum atomic E-state index is 11.3. The maximum Gasteiger partial charge on any atom is 0.211 e. The van der Waals surface area contributed by atoms with Crippen LogP contribution in [0.25, 0.3) is 11.6 Å². The van der Waals surface area contributed by atoms with Crippen LogP contribution in [0.15, 0.2) is 94.9 Å². The number of aromatic nitrogens is 1. The van der Waals surface area contributed by atoms with Crippen molar-refractivity contribution in [2.75, 3.05) is 0 Å². The van der Waals surface area contributed by atoms with Crippen molar-refractivity contribution in [3.05, 3.63) is 106 Å². The molecule has 1 aliphatic heterocycles. The van der Waals surface area contributed by atoms with Crippen molar-refractivity contribution in [1.29, 1.82) is 0 Å². The molecular weight excluding hydrogens is 402 g/mol. The predicted molar refractivity (Wildman–Crippen MR) is 128 cm³/mol. The maximum absolute atomic E-state index is 11.3. The summed E-state index contributed by atoms with van der Waals surface area (Å²) in [5.41, 5.74) is 4.96. The number of benzene rings is 3. The molecule has 0 aliphatic carbocycles. The Bertz CT molecular complexity index is 1350. The van der Waals surface area contributed by atoms with Crippen LogP contribution in [0, 0.1) is 0 Å². The lowest BCUT2D eigenvalue weighted by Crippen LogP contribution is -2.19. The third-order valence-electron chi connectivity index (χ3n) is 5.35. The van der Waals surface area contributed by atoms with Crippen molar-refractivity contribution in [2.24, 2.45) is 9.98 Å². The summed E-state index contributed by atoms with van der Waals surface area (Å²) in [6, 6.07) is 27.9. The second-order valence-electron chi connectivity index (χ2n) is 7.35. The number of nitrogens with zero attached hydrogens (tertiary/aromatic N) is 3. The second-order valence-corrected chi connectivity index (χ2v) is 8.36. The predicted octanol–water partition coefficient (Wildman–Crippen LogP) is 6.35. The van der Waals surface area contributed by atoms with Crippen LogP contribution in [0.2, 0.25) is 0 Å². The van der Waals surface area contributed by atoms with Gasteiger partial charge in [0.25, 0.3) is 0 Å². The van der Waals surface area contributed by atoms with E-state index in [2.05, 4.69) is 30.1 Å². The van der Waals surface area contributed by atoms with E-state index in [4.69, 9.17) is 4.99 Å². The Labute approximate surface area is 184 Å². The molecule has 0 saturated heterocycles. The quantitative estimate of drug-likeness (QED) is 0.408. The minimum atomic E-state index is -0.0726. The molecule has 0 amide bonds. The second kappa shape index (κ2) is 8.20. The summed E-state index contributed by atoms with van der Waals surface area (Å²) in [5, 5.41) is 11.3. The van der Waals surface area contributed by atoms with Crippen LogP contribution in [0.3, 0.4) is 0 Å². The third kappa shape index (κ3) is 3.76. The minimum Gasteiger partial charge on any atom is -0.493 e. The Balaban J connectivity index is 1.67. The number of fused-ring (bicyclic) bond motifs is 1. The van der Waals surface area contributed by atoms with Crippen molar-refractivity contribution >= 4 is 40.6 Å². The summed E-state index contributed by atoms with van der Waals surface area (Å²) < 4.78 is 1.90. The summed E-state index contributed by atoms with van der Waals surface area (Å²) >= 11 is 1.47. The zero-order valence-corrected chi connectivity index (χ0v) is 17.8. The van der Waals surface area contributed by atoms with Gasteiger partial charge in [-0.1, -0.05) is 78.1 Å². The van der Waals surface area contributed by atoms with Crippen LogP contribution in [0.1, 0.15) is 29.0 Å². The molecule has 3 aromatic carbocycles. The molecular formula is C26H21N3OS. The highest BCUT2D eigenvalue weighted by molar-refractivity contribution is 7.10. The molecule has 0 spiro atoms. The molecule has 1 atom stereocenters. The van der Waals surface area contributed by atoms with E-state index in [1.54, 1.807) is 0 Å². The van der Waals surface area contributed by atoms with Crippen molar-refractivity contribution in [3.8, 4) is 5.88 Å². The molecule has 1 unspecified atom stereocenters. The van der Waals surface area contributed by atoms with Crippen LogP contribution in [-0.4, -0.2) is 15.9 Å². The van der Waals surface area contributed by atoms with Crippen molar-refractivity contribution in [1.82, 2.24) is 4.57 Å². The molecule has 4 nitrogen and oxygen atoms in total. The Morgan fingerprint density at radius 3 is 2.39 bits per heavy atom. The van der Waals surface area contributed by atoms with Crippen molar-refractivity contribution in [2.45, 2.75) is 13.0 Å². The van der Waals surface area contributed by atoms with Gasteiger partial charge in [-0.2, -0.15) is 0 Å². The zero-order chi connectivity index (χ0) is 21.2. The van der Waals surface area contributed by atoms with Gasteiger partial charge in [0.2, 0.25) is 5.88 Å². The number of hydrogen-bond acceptors (Lipinski definition) is 4. The number of para-hydroxylation sites is 2. The molecule has 1 N–H and O–H groups in total. The van der Waals surface area contributed by atoms with E-state index < -0.39 is 0 Å². The summed E-state index contributed by atoms with van der Waals surface area (Å²) in [5.74, 6) is 0.210. The summed E-state index contributed by atoms with van der Waals surface area (Å²) in [4.78, 5) is 10.8. The van der Waals surface area contributed by atoms with Gasteiger partial charge in [0, 0.05) is 17.4 Å². The molecule has 0 saturated carbocycles. The first kappa shape index (κ1) is 19.3. The molecule has 31 heavy (non-hydrogen) atoms. The largest absolute Gasteiger partial charge is 0.493 e. The van der Waals surface area contributed by atoms with E-state index in [0.29, 0.717) is 0 Å². The number of thiazole rings is 1. The monoisotopic (exact) mass is 423 g/mol. The SMILES string of the molecule is CC(c1ccccc1)n1c(O)c(/C=C2\C=Nc3ccccc32)sc1=Nc1ccccc1. The summed E-state index contributed by atoms with van der Waals surface area (Å²) in [7, 11) is 0. The normalized spacial score (nSPS) is 15.4. The lowest BCUT2D eigenvalue weighted by molar-refractivity contribution is 0.400. The van der Waals surface area contributed by atoms with Crippen LogP contribution >= 0.6 is 11.3 Å². The Morgan fingerprint density at radius 1 is 0.935 bits per heavy atom. The molecule has 0 fully saturated rings. The highest BCUT2D eigenvalue weighted by Gasteiger charge is 2.19. The standard InChI is InChI=1S/C26H21N3OS/c1-18(19-10-4-2-5-11-19)29-25(30)24(31-26(29)28-21-12-6-3-7-13-21)16-20-17-27-23-15-9-8-14-22(20)23/h2-18,30H,1H3/b20-16+,28-26?. The van der Waals surface area contributed by atoms with Gasteiger partial charge in [-0.15, -0.1) is 0 Å². The fourth-order valence-electron chi connectivity index (χ4n) is 3.71. The van der Waals surface area contributed by atoms with E-state index in [1.807, 2.05) is 83.6 Å². The summed E-state index contributed by atoms with van der Waals surface area (Å²) in [6.07, 6.45) is 3.84. The zero-order valence-electron chi connectivity index (χ0n) is 17.0. The van der Waals surface area contributed by atoms with Crippen LogP contribution in [0.4, 0.5) is 11.4 Å². The van der Waals surface area contributed by atoms with Gasteiger partial charge in [-0.3, -0.25) is 9.56 Å². The molecule has 0 bridgehead atoms. The van der Waals surface area contributed by atoms with Gasteiger partial charge in [-0.25, -0.2) is 4.99 Å². The van der Waals surface area contributed by atoms with E-state index >= 15 is 0 Å². The Kier molecular flexibility index (Phi) is 5.10. The molecule has 1 aromatic heterocycles. The number of allylic oxidation sites excluding steroid dienone is 1. The first-order valence-electron chi connectivity index (χ1n) is 10.1.